The molecule has 1 aromatic rings. The van der Waals surface area contributed by atoms with E-state index in [0.717, 1.165) is 12.8 Å². The Hall–Kier alpha value is -1.90. The topological polar surface area (TPSA) is 71.5 Å². The van der Waals surface area contributed by atoms with Gasteiger partial charge < -0.3 is 15.2 Å². The Balaban J connectivity index is 1.99. The molecule has 0 spiro atoms. The van der Waals surface area contributed by atoms with E-state index >= 15 is 0 Å². The van der Waals surface area contributed by atoms with Gasteiger partial charge in [-0.15, -0.1) is 0 Å². The molecule has 1 aliphatic rings. The number of carbonyl (C=O) groups is 1. The molecule has 0 radical (unpaired) electrons. The molecule has 0 atom stereocenters. The molecule has 106 valence electrons. The second-order valence-corrected chi connectivity index (χ2v) is 4.60. The number of nitrogens with one attached hydrogen (secondary N) is 1. The number of pyridine rings is 1. The molecule has 2 rings (SSSR count). The minimum Gasteiger partial charge on any atom is -0.395 e. The predicted octanol–water partition coefficient (Wildman–Crippen LogP) is 0.724. The first kappa shape index (κ1) is 14.5. The zero-order valence-electron chi connectivity index (χ0n) is 11.3. The van der Waals surface area contributed by atoms with Gasteiger partial charge in [0, 0.05) is 43.6 Å². The maximum atomic E-state index is 12.1. The fourth-order valence-electron chi connectivity index (χ4n) is 1.96. The van der Waals surface area contributed by atoms with Gasteiger partial charge in [0.15, 0.2) is 0 Å². The van der Waals surface area contributed by atoms with Crippen molar-refractivity contribution in [2.75, 3.05) is 19.8 Å². The second-order valence-electron chi connectivity index (χ2n) is 4.60. The smallest absolute Gasteiger partial charge is 0.253 e. The summed E-state index contributed by atoms with van der Waals surface area (Å²) in [4.78, 5) is 16.1. The molecule has 5 heteroatoms. The molecule has 1 aromatic heterocycles. The fraction of sp³-hybridized carbons (Fsp3) is 0.467. The van der Waals surface area contributed by atoms with Crippen molar-refractivity contribution in [1.29, 1.82) is 0 Å². The van der Waals surface area contributed by atoms with Crippen molar-refractivity contribution in [3.8, 4) is 11.8 Å². The first-order chi connectivity index (χ1) is 9.79. The summed E-state index contributed by atoms with van der Waals surface area (Å²) >= 11 is 0. The van der Waals surface area contributed by atoms with Crippen LogP contribution in [0.2, 0.25) is 0 Å². The standard InChI is InChI=1S/C15H18N2O3/c18-6-2-1-3-12-9-13(11-16-10-12)15(19)17-14-4-7-20-8-5-14/h9-11,14,18H,2,4-8H2,(H,17,19). The average molecular weight is 274 g/mol. The van der Waals surface area contributed by atoms with Gasteiger partial charge in [-0.3, -0.25) is 9.78 Å². The van der Waals surface area contributed by atoms with E-state index in [1.54, 1.807) is 12.3 Å². The summed E-state index contributed by atoms with van der Waals surface area (Å²) in [5.41, 5.74) is 1.19. The van der Waals surface area contributed by atoms with Gasteiger partial charge in [0.1, 0.15) is 0 Å². The highest BCUT2D eigenvalue weighted by Crippen LogP contribution is 2.08. The van der Waals surface area contributed by atoms with Crippen LogP contribution in [0.1, 0.15) is 35.2 Å². The van der Waals surface area contributed by atoms with Gasteiger partial charge in [0.2, 0.25) is 0 Å². The lowest BCUT2D eigenvalue weighted by Gasteiger charge is -2.23. The van der Waals surface area contributed by atoms with Crippen molar-refractivity contribution in [3.05, 3.63) is 29.6 Å². The van der Waals surface area contributed by atoms with Crippen molar-refractivity contribution < 1.29 is 14.6 Å². The zero-order chi connectivity index (χ0) is 14.2. The molecular weight excluding hydrogens is 256 g/mol. The Bertz CT molecular complexity index is 513. The van der Waals surface area contributed by atoms with Crippen LogP contribution in [0, 0.1) is 11.8 Å². The monoisotopic (exact) mass is 274 g/mol. The third-order valence-electron chi connectivity index (χ3n) is 3.03. The van der Waals surface area contributed by atoms with Gasteiger partial charge in [-0.05, 0) is 18.9 Å². The van der Waals surface area contributed by atoms with Gasteiger partial charge in [-0.1, -0.05) is 11.8 Å². The largest absolute Gasteiger partial charge is 0.395 e. The van der Waals surface area contributed by atoms with Crippen molar-refractivity contribution in [3.63, 3.8) is 0 Å². The summed E-state index contributed by atoms with van der Waals surface area (Å²) in [6.45, 7) is 1.41. The van der Waals surface area contributed by atoms with Gasteiger partial charge >= 0.3 is 0 Å². The third kappa shape index (κ3) is 4.34. The Morgan fingerprint density at radius 2 is 2.25 bits per heavy atom. The third-order valence-corrected chi connectivity index (χ3v) is 3.03. The molecular formula is C15H18N2O3. The molecule has 5 nitrogen and oxygen atoms in total. The molecule has 0 unspecified atom stereocenters. The van der Waals surface area contributed by atoms with Crippen molar-refractivity contribution in [1.82, 2.24) is 10.3 Å². The Morgan fingerprint density at radius 3 is 3.00 bits per heavy atom. The first-order valence-corrected chi connectivity index (χ1v) is 6.73. The van der Waals surface area contributed by atoms with Crippen molar-refractivity contribution in [2.45, 2.75) is 25.3 Å². The van der Waals surface area contributed by atoms with Crippen molar-refractivity contribution in [2.24, 2.45) is 0 Å². The fourth-order valence-corrected chi connectivity index (χ4v) is 1.96. The molecule has 2 heterocycles. The molecule has 0 aliphatic carbocycles. The maximum absolute atomic E-state index is 12.1. The Labute approximate surface area is 118 Å². The summed E-state index contributed by atoms with van der Waals surface area (Å²) < 4.78 is 5.26. The highest BCUT2D eigenvalue weighted by atomic mass is 16.5. The highest BCUT2D eigenvalue weighted by molar-refractivity contribution is 5.94. The van der Waals surface area contributed by atoms with E-state index in [4.69, 9.17) is 9.84 Å². The summed E-state index contributed by atoms with van der Waals surface area (Å²) in [7, 11) is 0. The Kier molecular flexibility index (Phi) is 5.54. The summed E-state index contributed by atoms with van der Waals surface area (Å²) in [5, 5.41) is 11.7. The van der Waals surface area contributed by atoms with E-state index in [0.29, 0.717) is 30.8 Å². The van der Waals surface area contributed by atoms with E-state index in [9.17, 15) is 4.79 Å². The first-order valence-electron chi connectivity index (χ1n) is 6.73. The quantitative estimate of drug-likeness (QED) is 0.797. The number of aliphatic hydroxyl groups is 1. The van der Waals surface area contributed by atoms with E-state index < -0.39 is 0 Å². The molecule has 1 amide bonds. The number of hydrogen-bond donors (Lipinski definition) is 2. The van der Waals surface area contributed by atoms with Crippen LogP contribution in [0.5, 0.6) is 0 Å². The molecule has 0 saturated carbocycles. The zero-order valence-corrected chi connectivity index (χ0v) is 11.3. The molecule has 0 aromatic carbocycles. The molecule has 0 bridgehead atoms. The van der Waals surface area contributed by atoms with Crippen LogP contribution >= 0.6 is 0 Å². The van der Waals surface area contributed by atoms with Crippen LogP contribution < -0.4 is 5.32 Å². The number of amides is 1. The number of aromatic nitrogens is 1. The molecule has 1 aliphatic heterocycles. The van der Waals surface area contributed by atoms with Gasteiger partial charge in [-0.2, -0.15) is 0 Å². The van der Waals surface area contributed by atoms with Crippen LogP contribution in [0.25, 0.3) is 0 Å². The van der Waals surface area contributed by atoms with Gasteiger partial charge in [-0.25, -0.2) is 0 Å². The molecule has 20 heavy (non-hydrogen) atoms. The maximum Gasteiger partial charge on any atom is 0.253 e. The molecule has 2 N–H and O–H groups in total. The van der Waals surface area contributed by atoms with Gasteiger partial charge in [0.05, 0.1) is 12.2 Å². The van der Waals surface area contributed by atoms with Crippen LogP contribution in [-0.4, -0.2) is 41.9 Å². The number of nitrogens with zero attached hydrogens (tertiary/aromatic N) is 1. The lowest BCUT2D eigenvalue weighted by molar-refractivity contribution is 0.0696. The van der Waals surface area contributed by atoms with Crippen LogP contribution in [0.4, 0.5) is 0 Å². The second kappa shape index (κ2) is 7.63. The normalized spacial score (nSPS) is 15.2. The number of ether oxygens (including phenoxy) is 1. The van der Waals surface area contributed by atoms with E-state index in [-0.39, 0.29) is 18.6 Å². The predicted molar refractivity (Wildman–Crippen MR) is 74.1 cm³/mol. The number of carbonyl (C=O) groups excluding carboxylic acids is 1. The van der Waals surface area contributed by atoms with Crippen LogP contribution in [0.3, 0.4) is 0 Å². The number of rotatable bonds is 3. The van der Waals surface area contributed by atoms with E-state index in [1.165, 1.54) is 6.20 Å². The highest BCUT2D eigenvalue weighted by Gasteiger charge is 2.17. The van der Waals surface area contributed by atoms with E-state index in [2.05, 4.69) is 22.1 Å². The van der Waals surface area contributed by atoms with E-state index in [1.807, 2.05) is 0 Å². The number of aliphatic hydroxyl groups excluding tert-OH is 1. The summed E-state index contributed by atoms with van der Waals surface area (Å²) in [6, 6.07) is 1.88. The minimum absolute atomic E-state index is 0.0321. The van der Waals surface area contributed by atoms with Gasteiger partial charge in [0.25, 0.3) is 5.91 Å². The molecule has 1 saturated heterocycles. The SMILES string of the molecule is O=C(NC1CCOCC1)c1cncc(C#CCCO)c1. The van der Waals surface area contributed by atoms with Crippen LogP contribution in [0.15, 0.2) is 18.5 Å². The number of hydrogen-bond acceptors (Lipinski definition) is 4. The Morgan fingerprint density at radius 1 is 1.45 bits per heavy atom. The minimum atomic E-state index is -0.129. The van der Waals surface area contributed by atoms with Crippen molar-refractivity contribution >= 4 is 5.91 Å². The summed E-state index contributed by atoms with van der Waals surface area (Å²) in [6.07, 6.45) is 5.24. The molecule has 1 fully saturated rings. The van der Waals surface area contributed by atoms with Crippen LogP contribution in [-0.2, 0) is 4.74 Å². The summed E-state index contributed by atoms with van der Waals surface area (Å²) in [5.74, 6) is 5.55. The lowest BCUT2D eigenvalue weighted by Crippen LogP contribution is -2.38. The lowest BCUT2D eigenvalue weighted by atomic mass is 10.1. The average Bonchev–Trinajstić information content (AvgIpc) is 2.49.